The largest absolute Gasteiger partial charge is 0.384 e. The molecule has 1 aromatic carbocycles. The summed E-state index contributed by atoms with van der Waals surface area (Å²) in [5.41, 5.74) is 0.164. The topological polar surface area (TPSA) is 55.8 Å². The molecule has 2 unspecified atom stereocenters. The van der Waals surface area contributed by atoms with Crippen LogP contribution in [0.25, 0.3) is 0 Å². The van der Waals surface area contributed by atoms with Gasteiger partial charge in [0, 0.05) is 25.7 Å². The highest BCUT2D eigenvalue weighted by Crippen LogP contribution is 2.43. The maximum absolute atomic E-state index is 12.9. The predicted octanol–water partition coefficient (Wildman–Crippen LogP) is 3.48. The Hall–Kier alpha value is -1.43. The first-order valence-electron chi connectivity index (χ1n) is 11.8. The Labute approximate surface area is 181 Å². The molecule has 1 aliphatic carbocycles. The summed E-state index contributed by atoms with van der Waals surface area (Å²) in [5.74, 6) is 0.207. The Balaban J connectivity index is 1.48. The van der Waals surface area contributed by atoms with E-state index in [9.17, 15) is 9.90 Å². The Morgan fingerprint density at radius 3 is 2.47 bits per heavy atom. The number of amides is 1. The van der Waals surface area contributed by atoms with E-state index in [1.165, 1.54) is 6.42 Å². The van der Waals surface area contributed by atoms with Gasteiger partial charge >= 0.3 is 0 Å². The van der Waals surface area contributed by atoms with Gasteiger partial charge in [0.2, 0.25) is 5.91 Å². The third-order valence-electron chi connectivity index (χ3n) is 7.77. The van der Waals surface area contributed by atoms with Gasteiger partial charge in [0.05, 0.1) is 6.67 Å². The van der Waals surface area contributed by atoms with E-state index < -0.39 is 5.60 Å². The summed E-state index contributed by atoms with van der Waals surface area (Å²) >= 11 is 0. The van der Waals surface area contributed by atoms with Crippen LogP contribution in [0.1, 0.15) is 71.3 Å². The smallest absolute Gasteiger partial charge is 0.241 e. The average molecular weight is 414 g/mol. The van der Waals surface area contributed by atoms with E-state index >= 15 is 0 Å². The van der Waals surface area contributed by atoms with Crippen molar-refractivity contribution in [1.82, 2.24) is 15.1 Å². The highest BCUT2D eigenvalue weighted by atomic mass is 16.3. The quantitative estimate of drug-likeness (QED) is 0.794. The van der Waals surface area contributed by atoms with E-state index in [2.05, 4.69) is 48.0 Å². The molecule has 4 rings (SSSR count). The monoisotopic (exact) mass is 413 g/mol. The molecule has 3 fully saturated rings. The van der Waals surface area contributed by atoms with Gasteiger partial charge in [-0.1, -0.05) is 63.9 Å². The molecule has 5 heteroatoms. The van der Waals surface area contributed by atoms with Crippen molar-refractivity contribution < 1.29 is 9.90 Å². The lowest BCUT2D eigenvalue weighted by atomic mass is 9.73. The molecule has 30 heavy (non-hydrogen) atoms. The number of nitrogens with zero attached hydrogens (tertiary/aromatic N) is 2. The van der Waals surface area contributed by atoms with Crippen LogP contribution in [-0.4, -0.2) is 58.7 Å². The van der Waals surface area contributed by atoms with Crippen molar-refractivity contribution in [2.75, 3.05) is 26.3 Å². The Bertz CT molecular complexity index is 737. The standard InChI is InChI=1S/C25H39N3O2/c1-23(2,3)13-18-28-19-26-22(29)24(28)14-16-27(17-15-24)21-11-7-8-12-25(21,30)20-9-5-4-6-10-20/h4-6,9-10,21,30H,7-8,11-19H2,1-3H3,(H,26,29). The first-order valence-corrected chi connectivity index (χ1v) is 11.8. The van der Waals surface area contributed by atoms with E-state index in [4.69, 9.17) is 0 Å². The zero-order chi connectivity index (χ0) is 21.4. The first kappa shape index (κ1) is 21.8. The number of carbonyl (C=O) groups is 1. The fourth-order valence-corrected chi connectivity index (χ4v) is 5.82. The van der Waals surface area contributed by atoms with Crippen LogP contribution in [0.4, 0.5) is 0 Å². The van der Waals surface area contributed by atoms with E-state index in [1.54, 1.807) is 0 Å². The number of hydrogen-bond acceptors (Lipinski definition) is 4. The number of nitrogens with one attached hydrogen (secondary N) is 1. The van der Waals surface area contributed by atoms with Crippen molar-refractivity contribution in [1.29, 1.82) is 0 Å². The molecule has 1 amide bonds. The van der Waals surface area contributed by atoms with Crippen molar-refractivity contribution >= 4 is 5.91 Å². The molecular formula is C25H39N3O2. The molecule has 3 aliphatic rings. The number of piperidine rings is 1. The molecule has 166 valence electrons. The lowest BCUT2D eigenvalue weighted by molar-refractivity contribution is -0.132. The highest BCUT2D eigenvalue weighted by molar-refractivity contribution is 5.88. The van der Waals surface area contributed by atoms with Gasteiger partial charge in [0.1, 0.15) is 11.1 Å². The number of rotatable bonds is 4. The van der Waals surface area contributed by atoms with Gasteiger partial charge in [-0.3, -0.25) is 14.6 Å². The number of hydrogen-bond donors (Lipinski definition) is 2. The van der Waals surface area contributed by atoms with Gasteiger partial charge in [0.25, 0.3) is 0 Å². The van der Waals surface area contributed by atoms with Crippen LogP contribution < -0.4 is 5.32 Å². The molecule has 1 saturated carbocycles. The van der Waals surface area contributed by atoms with E-state index in [0.29, 0.717) is 6.67 Å². The summed E-state index contributed by atoms with van der Waals surface area (Å²) in [6.45, 7) is 10.2. The molecule has 2 heterocycles. The lowest BCUT2D eigenvalue weighted by Gasteiger charge is -2.51. The third-order valence-corrected chi connectivity index (χ3v) is 7.77. The van der Waals surface area contributed by atoms with E-state index in [-0.39, 0.29) is 22.9 Å². The van der Waals surface area contributed by atoms with Crippen molar-refractivity contribution in [3.05, 3.63) is 35.9 Å². The minimum Gasteiger partial charge on any atom is -0.384 e. The molecule has 0 bridgehead atoms. The molecule has 0 aromatic heterocycles. The second kappa shape index (κ2) is 8.25. The minimum atomic E-state index is -0.784. The molecule has 1 spiro atoms. The fourth-order valence-electron chi connectivity index (χ4n) is 5.82. The number of aliphatic hydroxyl groups is 1. The van der Waals surface area contributed by atoms with Crippen LogP contribution in [0.2, 0.25) is 0 Å². The maximum atomic E-state index is 12.9. The number of benzene rings is 1. The SMILES string of the molecule is CC(C)(C)CCN1CNC(=O)C12CCN(C1CCCCC1(O)c1ccccc1)CC2. The summed E-state index contributed by atoms with van der Waals surface area (Å²) < 4.78 is 0. The summed E-state index contributed by atoms with van der Waals surface area (Å²) in [6, 6.07) is 10.4. The summed E-state index contributed by atoms with van der Waals surface area (Å²) in [7, 11) is 0. The van der Waals surface area contributed by atoms with Crippen LogP contribution in [0.5, 0.6) is 0 Å². The maximum Gasteiger partial charge on any atom is 0.241 e. The van der Waals surface area contributed by atoms with Gasteiger partial charge in [-0.15, -0.1) is 0 Å². The molecule has 2 aliphatic heterocycles. The molecular weight excluding hydrogens is 374 g/mol. The summed E-state index contributed by atoms with van der Waals surface area (Å²) in [6.07, 6.45) is 6.88. The van der Waals surface area contributed by atoms with Crippen molar-refractivity contribution in [3.63, 3.8) is 0 Å². The van der Waals surface area contributed by atoms with Crippen LogP contribution in [-0.2, 0) is 10.4 Å². The van der Waals surface area contributed by atoms with Crippen molar-refractivity contribution in [3.8, 4) is 0 Å². The molecule has 2 saturated heterocycles. The molecule has 2 atom stereocenters. The average Bonchev–Trinajstić information content (AvgIpc) is 3.03. The number of likely N-dealkylation sites (tertiary alicyclic amines) is 1. The summed E-state index contributed by atoms with van der Waals surface area (Å²) in [4.78, 5) is 17.8. The molecule has 0 radical (unpaired) electrons. The molecule has 2 N–H and O–H groups in total. The van der Waals surface area contributed by atoms with Crippen molar-refractivity contribution in [2.45, 2.75) is 82.9 Å². The zero-order valence-corrected chi connectivity index (χ0v) is 19.0. The molecule has 5 nitrogen and oxygen atoms in total. The van der Waals surface area contributed by atoms with Gasteiger partial charge in [-0.2, -0.15) is 0 Å². The molecule has 1 aromatic rings. The Morgan fingerprint density at radius 2 is 1.80 bits per heavy atom. The van der Waals surface area contributed by atoms with Crippen LogP contribution in [0.15, 0.2) is 30.3 Å². The van der Waals surface area contributed by atoms with E-state index in [0.717, 1.165) is 63.7 Å². The Kier molecular flexibility index (Phi) is 5.99. The Morgan fingerprint density at radius 1 is 1.10 bits per heavy atom. The minimum absolute atomic E-state index is 0.137. The lowest BCUT2D eigenvalue weighted by Crippen LogP contribution is -2.61. The first-order chi connectivity index (χ1) is 14.2. The highest BCUT2D eigenvalue weighted by Gasteiger charge is 2.52. The third kappa shape index (κ3) is 4.04. The van der Waals surface area contributed by atoms with Crippen LogP contribution >= 0.6 is 0 Å². The van der Waals surface area contributed by atoms with Gasteiger partial charge in [0.15, 0.2) is 0 Å². The van der Waals surface area contributed by atoms with Crippen molar-refractivity contribution in [2.24, 2.45) is 5.41 Å². The van der Waals surface area contributed by atoms with Crippen LogP contribution in [0, 0.1) is 5.41 Å². The van der Waals surface area contributed by atoms with E-state index in [1.807, 2.05) is 18.2 Å². The summed E-state index contributed by atoms with van der Waals surface area (Å²) in [5, 5.41) is 14.9. The van der Waals surface area contributed by atoms with Gasteiger partial charge < -0.3 is 10.4 Å². The van der Waals surface area contributed by atoms with Gasteiger partial charge in [-0.25, -0.2) is 0 Å². The van der Waals surface area contributed by atoms with Gasteiger partial charge in [-0.05, 0) is 43.1 Å². The van der Waals surface area contributed by atoms with Crippen LogP contribution in [0.3, 0.4) is 0 Å². The fraction of sp³-hybridized carbons (Fsp3) is 0.720. The second-order valence-electron chi connectivity index (χ2n) is 10.9. The predicted molar refractivity (Wildman–Crippen MR) is 120 cm³/mol. The second-order valence-corrected chi connectivity index (χ2v) is 10.9. The normalized spacial score (nSPS) is 30.5. The number of carbonyl (C=O) groups excluding carboxylic acids is 1. The zero-order valence-electron chi connectivity index (χ0n) is 19.0.